The van der Waals surface area contributed by atoms with Crippen LogP contribution in [0, 0.1) is 0 Å². The van der Waals surface area contributed by atoms with Crippen LogP contribution in [0.2, 0.25) is 0 Å². The summed E-state index contributed by atoms with van der Waals surface area (Å²) >= 11 is 0. The summed E-state index contributed by atoms with van der Waals surface area (Å²) in [5.41, 5.74) is 2.13. The van der Waals surface area contributed by atoms with Crippen LogP contribution in [0.4, 0.5) is 4.39 Å². The quantitative estimate of drug-likeness (QED) is 0.897. The summed E-state index contributed by atoms with van der Waals surface area (Å²) in [5.74, 6) is -0.296. The van der Waals surface area contributed by atoms with Gasteiger partial charge in [0.2, 0.25) is 0 Å². The largest absolute Gasteiger partial charge is 0.489 e. The van der Waals surface area contributed by atoms with E-state index in [0.717, 1.165) is 11.1 Å². The van der Waals surface area contributed by atoms with Gasteiger partial charge in [-0.15, -0.1) is 0 Å². The minimum absolute atomic E-state index is 0.184. The molecule has 0 amide bonds. The molecule has 2 aromatic carbocycles. The molecule has 102 valence electrons. The van der Waals surface area contributed by atoms with E-state index < -0.39 is 5.97 Å². The van der Waals surface area contributed by atoms with Crippen molar-refractivity contribution in [3.63, 3.8) is 0 Å². The fourth-order valence-corrected chi connectivity index (χ4v) is 1.73. The monoisotopic (exact) mass is 272 g/mol. The number of ether oxygens (including phenoxy) is 1. The van der Waals surface area contributed by atoms with Gasteiger partial charge >= 0.3 is 5.97 Å². The molecule has 0 aliphatic rings. The van der Waals surface area contributed by atoms with E-state index in [2.05, 4.69) is 0 Å². The highest BCUT2D eigenvalue weighted by Gasteiger charge is 2.03. The summed E-state index contributed by atoms with van der Waals surface area (Å²) in [7, 11) is 0. The van der Waals surface area contributed by atoms with Gasteiger partial charge in [0.15, 0.2) is 0 Å². The van der Waals surface area contributed by atoms with Gasteiger partial charge < -0.3 is 9.84 Å². The van der Waals surface area contributed by atoms with E-state index in [1.165, 1.54) is 6.08 Å². The van der Waals surface area contributed by atoms with Gasteiger partial charge in [-0.3, -0.25) is 0 Å². The number of aromatic carboxylic acids is 1. The van der Waals surface area contributed by atoms with Gasteiger partial charge in [0, 0.05) is 0 Å². The summed E-state index contributed by atoms with van der Waals surface area (Å²) in [6, 6.07) is 13.9. The molecule has 0 atom stereocenters. The number of halogens is 1. The molecular formula is C16H13FO3. The highest BCUT2D eigenvalue weighted by Crippen LogP contribution is 2.22. The summed E-state index contributed by atoms with van der Waals surface area (Å²) in [5, 5.41) is 8.84. The first-order valence-electron chi connectivity index (χ1n) is 6.02. The first-order chi connectivity index (χ1) is 9.70. The van der Waals surface area contributed by atoms with E-state index in [9.17, 15) is 9.18 Å². The third kappa shape index (κ3) is 3.45. The molecule has 0 aliphatic heterocycles. The van der Waals surface area contributed by atoms with Gasteiger partial charge in [-0.05, 0) is 41.5 Å². The van der Waals surface area contributed by atoms with Crippen molar-refractivity contribution in [1.82, 2.24) is 0 Å². The lowest BCUT2D eigenvalue weighted by Crippen LogP contribution is -1.95. The Labute approximate surface area is 115 Å². The van der Waals surface area contributed by atoms with Crippen LogP contribution >= 0.6 is 0 Å². The van der Waals surface area contributed by atoms with Crippen LogP contribution in [0.15, 0.2) is 60.9 Å². The Balaban J connectivity index is 2.11. The number of carboxylic acids is 1. The molecule has 2 rings (SSSR count). The highest BCUT2D eigenvalue weighted by atomic mass is 19.1. The lowest BCUT2D eigenvalue weighted by atomic mass is 10.0. The van der Waals surface area contributed by atoms with Crippen molar-refractivity contribution in [3.8, 4) is 16.9 Å². The van der Waals surface area contributed by atoms with Crippen LogP contribution in [0.3, 0.4) is 0 Å². The predicted octanol–water partition coefficient (Wildman–Crippen LogP) is 3.91. The van der Waals surface area contributed by atoms with Crippen molar-refractivity contribution in [1.29, 1.82) is 0 Å². The number of carbonyl (C=O) groups is 1. The molecule has 0 fully saturated rings. The van der Waals surface area contributed by atoms with Crippen molar-refractivity contribution in [2.75, 3.05) is 6.61 Å². The number of benzene rings is 2. The van der Waals surface area contributed by atoms with Crippen LogP contribution in [-0.4, -0.2) is 17.7 Å². The predicted molar refractivity (Wildman–Crippen MR) is 74.6 cm³/mol. The maximum atomic E-state index is 11.8. The topological polar surface area (TPSA) is 46.5 Å². The summed E-state index contributed by atoms with van der Waals surface area (Å²) in [6.45, 7) is 0.184. The van der Waals surface area contributed by atoms with Crippen LogP contribution in [0.5, 0.6) is 5.75 Å². The second-order valence-corrected chi connectivity index (χ2v) is 4.08. The lowest BCUT2D eigenvalue weighted by molar-refractivity contribution is 0.0697. The van der Waals surface area contributed by atoms with Crippen LogP contribution in [0.25, 0.3) is 11.1 Å². The van der Waals surface area contributed by atoms with Gasteiger partial charge in [-0.1, -0.05) is 24.3 Å². The van der Waals surface area contributed by atoms with E-state index in [0.29, 0.717) is 12.1 Å². The Morgan fingerprint density at radius 3 is 2.10 bits per heavy atom. The number of rotatable bonds is 5. The van der Waals surface area contributed by atoms with Crippen molar-refractivity contribution in [2.45, 2.75) is 0 Å². The minimum Gasteiger partial charge on any atom is -0.489 e. The van der Waals surface area contributed by atoms with Gasteiger partial charge in [-0.25, -0.2) is 9.18 Å². The average Bonchev–Trinajstić information content (AvgIpc) is 2.48. The minimum atomic E-state index is -0.943. The molecule has 2 aromatic rings. The fraction of sp³-hybridized carbons (Fsp3) is 0.0625. The summed E-state index contributed by atoms with van der Waals surface area (Å²) < 4.78 is 17.1. The molecule has 0 spiro atoms. The Kier molecular flexibility index (Phi) is 4.50. The van der Waals surface area contributed by atoms with Crippen molar-refractivity contribution < 1.29 is 19.0 Å². The zero-order valence-corrected chi connectivity index (χ0v) is 10.6. The van der Waals surface area contributed by atoms with Crippen LogP contribution in [-0.2, 0) is 0 Å². The van der Waals surface area contributed by atoms with Gasteiger partial charge in [0.05, 0.1) is 11.9 Å². The maximum Gasteiger partial charge on any atom is 0.335 e. The van der Waals surface area contributed by atoms with Crippen molar-refractivity contribution in [3.05, 3.63) is 66.5 Å². The Morgan fingerprint density at radius 1 is 1.05 bits per heavy atom. The van der Waals surface area contributed by atoms with E-state index in [1.54, 1.807) is 36.4 Å². The first-order valence-corrected chi connectivity index (χ1v) is 6.02. The second kappa shape index (κ2) is 6.52. The fourth-order valence-electron chi connectivity index (χ4n) is 1.73. The molecule has 3 nitrogen and oxygen atoms in total. The molecule has 4 heteroatoms. The molecule has 0 unspecified atom stereocenters. The number of carboxylic acid groups (broad SMARTS) is 1. The second-order valence-electron chi connectivity index (χ2n) is 4.08. The summed E-state index contributed by atoms with van der Waals surface area (Å²) in [4.78, 5) is 10.8. The maximum absolute atomic E-state index is 11.8. The van der Waals surface area contributed by atoms with Crippen molar-refractivity contribution >= 4 is 5.97 Å². The SMILES string of the molecule is O=C(O)c1ccc(-c2ccc(OCC=CF)cc2)cc1. The smallest absolute Gasteiger partial charge is 0.335 e. The molecule has 0 radical (unpaired) electrons. The van der Waals surface area contributed by atoms with Gasteiger partial charge in [0.1, 0.15) is 12.4 Å². The molecule has 20 heavy (non-hydrogen) atoms. The van der Waals surface area contributed by atoms with E-state index in [4.69, 9.17) is 9.84 Å². The summed E-state index contributed by atoms with van der Waals surface area (Å²) in [6.07, 6.45) is 1.72. The highest BCUT2D eigenvalue weighted by molar-refractivity contribution is 5.88. The Bertz CT molecular complexity index is 601. The normalized spacial score (nSPS) is 10.7. The van der Waals surface area contributed by atoms with Crippen LogP contribution < -0.4 is 4.74 Å². The average molecular weight is 272 g/mol. The number of hydrogen-bond donors (Lipinski definition) is 1. The van der Waals surface area contributed by atoms with E-state index in [1.807, 2.05) is 12.1 Å². The molecule has 0 saturated heterocycles. The molecular weight excluding hydrogens is 259 g/mol. The first kappa shape index (κ1) is 13.8. The molecule has 0 heterocycles. The Morgan fingerprint density at radius 2 is 1.60 bits per heavy atom. The van der Waals surface area contributed by atoms with Crippen molar-refractivity contribution in [2.24, 2.45) is 0 Å². The standard InChI is InChI=1S/C16H13FO3/c17-10-1-11-20-15-8-6-13(7-9-15)12-2-4-14(5-3-12)16(18)19/h1-10H,11H2,(H,18,19). The third-order valence-corrected chi connectivity index (χ3v) is 2.75. The Hall–Kier alpha value is -2.62. The zero-order valence-electron chi connectivity index (χ0n) is 10.6. The third-order valence-electron chi connectivity index (χ3n) is 2.75. The van der Waals surface area contributed by atoms with Crippen LogP contribution in [0.1, 0.15) is 10.4 Å². The molecule has 0 saturated carbocycles. The lowest BCUT2D eigenvalue weighted by Gasteiger charge is -2.05. The number of hydrogen-bond acceptors (Lipinski definition) is 2. The molecule has 1 N–H and O–H groups in total. The zero-order chi connectivity index (χ0) is 14.4. The van der Waals surface area contributed by atoms with Gasteiger partial charge in [-0.2, -0.15) is 0 Å². The van der Waals surface area contributed by atoms with E-state index >= 15 is 0 Å². The molecule has 0 aliphatic carbocycles. The van der Waals surface area contributed by atoms with E-state index in [-0.39, 0.29) is 12.2 Å². The van der Waals surface area contributed by atoms with Gasteiger partial charge in [0.25, 0.3) is 0 Å². The molecule has 0 bridgehead atoms. The molecule has 0 aromatic heterocycles.